The molecule has 0 saturated heterocycles. The van der Waals surface area contributed by atoms with Gasteiger partial charge in [-0.3, -0.25) is 0 Å². The summed E-state index contributed by atoms with van der Waals surface area (Å²) in [6.45, 7) is 0.508. The normalized spacial score (nSPS) is 17.4. The van der Waals surface area contributed by atoms with Crippen LogP contribution in [-0.4, -0.2) is 20.8 Å². The van der Waals surface area contributed by atoms with Crippen LogP contribution in [0, 0.1) is 23.0 Å². The molecular weight excluding hydrogens is 264 g/mol. The fourth-order valence-electron chi connectivity index (χ4n) is 2.34. The zero-order valence-corrected chi connectivity index (χ0v) is 10.5. The molecule has 0 amide bonds. The quantitative estimate of drug-likeness (QED) is 0.908. The van der Waals surface area contributed by atoms with E-state index in [1.165, 1.54) is 6.33 Å². The van der Waals surface area contributed by atoms with Crippen LogP contribution in [0.15, 0.2) is 18.5 Å². The number of nitrogens with zero attached hydrogens (tertiary/aromatic N) is 4. The number of aromatic nitrogens is 3. The van der Waals surface area contributed by atoms with Gasteiger partial charge in [0, 0.05) is 12.5 Å². The molecule has 2 heterocycles. The standard InChI is InChI=1S/C13H11F2N5/c14-10-3-8(5-16)4-11(15)13(10)19-9-1-2-12-17-7-18-20(12)6-9/h3-4,7,9,19H,1-2,6H2. The fraction of sp³-hybridized carbons (Fsp3) is 0.308. The van der Waals surface area contributed by atoms with E-state index in [0.717, 1.165) is 24.4 Å². The number of hydrogen-bond donors (Lipinski definition) is 1. The molecule has 20 heavy (non-hydrogen) atoms. The lowest BCUT2D eigenvalue weighted by Gasteiger charge is -2.25. The third-order valence-electron chi connectivity index (χ3n) is 3.33. The molecule has 1 atom stereocenters. The largest absolute Gasteiger partial charge is 0.376 e. The van der Waals surface area contributed by atoms with Crippen LogP contribution in [0.25, 0.3) is 0 Å². The molecule has 7 heteroatoms. The number of benzene rings is 1. The van der Waals surface area contributed by atoms with Crippen molar-refractivity contribution in [2.45, 2.75) is 25.4 Å². The zero-order chi connectivity index (χ0) is 14.1. The number of fused-ring (bicyclic) bond motifs is 1. The molecular formula is C13H11F2N5. The molecule has 5 nitrogen and oxygen atoms in total. The van der Waals surface area contributed by atoms with Gasteiger partial charge in [-0.2, -0.15) is 10.4 Å². The Morgan fingerprint density at radius 1 is 1.35 bits per heavy atom. The first-order chi connectivity index (χ1) is 9.67. The highest BCUT2D eigenvalue weighted by atomic mass is 19.1. The van der Waals surface area contributed by atoms with Crippen molar-refractivity contribution in [1.82, 2.24) is 14.8 Å². The Hall–Kier alpha value is -2.49. The third-order valence-corrected chi connectivity index (χ3v) is 3.33. The van der Waals surface area contributed by atoms with Crippen LogP contribution in [0.3, 0.4) is 0 Å². The molecule has 1 aromatic heterocycles. The number of nitriles is 1. The van der Waals surface area contributed by atoms with Crippen molar-refractivity contribution in [2.75, 3.05) is 5.32 Å². The Bertz CT molecular complexity index is 665. The van der Waals surface area contributed by atoms with Gasteiger partial charge in [0.15, 0.2) is 11.6 Å². The molecule has 1 N–H and O–H groups in total. The van der Waals surface area contributed by atoms with Gasteiger partial charge in [-0.25, -0.2) is 18.4 Å². The third kappa shape index (κ3) is 2.20. The van der Waals surface area contributed by atoms with Gasteiger partial charge in [0.2, 0.25) is 0 Å². The molecule has 1 unspecified atom stereocenters. The summed E-state index contributed by atoms with van der Waals surface area (Å²) >= 11 is 0. The molecule has 0 bridgehead atoms. The number of rotatable bonds is 2. The molecule has 3 rings (SSSR count). The second kappa shape index (κ2) is 4.89. The van der Waals surface area contributed by atoms with E-state index in [4.69, 9.17) is 5.26 Å². The van der Waals surface area contributed by atoms with Crippen LogP contribution in [0.1, 0.15) is 17.8 Å². The molecule has 1 aliphatic heterocycles. The summed E-state index contributed by atoms with van der Waals surface area (Å²) in [5.74, 6) is -0.638. The maximum absolute atomic E-state index is 13.8. The van der Waals surface area contributed by atoms with Crippen molar-refractivity contribution >= 4 is 5.69 Å². The Balaban J connectivity index is 1.81. The van der Waals surface area contributed by atoms with Crippen molar-refractivity contribution in [2.24, 2.45) is 0 Å². The highest BCUT2D eigenvalue weighted by molar-refractivity contribution is 5.51. The van der Waals surface area contributed by atoms with E-state index in [-0.39, 0.29) is 17.3 Å². The highest BCUT2D eigenvalue weighted by Crippen LogP contribution is 2.24. The fourth-order valence-corrected chi connectivity index (χ4v) is 2.34. The van der Waals surface area contributed by atoms with Crippen LogP contribution >= 0.6 is 0 Å². The average molecular weight is 275 g/mol. The Morgan fingerprint density at radius 2 is 2.10 bits per heavy atom. The molecule has 0 radical (unpaired) electrons. The summed E-state index contributed by atoms with van der Waals surface area (Å²) in [4.78, 5) is 4.10. The van der Waals surface area contributed by atoms with Gasteiger partial charge < -0.3 is 5.32 Å². The van der Waals surface area contributed by atoms with Gasteiger partial charge >= 0.3 is 0 Å². The van der Waals surface area contributed by atoms with E-state index in [1.54, 1.807) is 10.8 Å². The van der Waals surface area contributed by atoms with Crippen LogP contribution in [0.5, 0.6) is 0 Å². The second-order valence-corrected chi connectivity index (χ2v) is 4.67. The summed E-state index contributed by atoms with van der Waals surface area (Å²) < 4.78 is 29.3. The molecule has 2 aromatic rings. The van der Waals surface area contributed by atoms with Gasteiger partial charge in [0.1, 0.15) is 17.8 Å². The smallest absolute Gasteiger partial charge is 0.150 e. The number of anilines is 1. The molecule has 1 aliphatic rings. The van der Waals surface area contributed by atoms with Gasteiger partial charge in [-0.05, 0) is 18.6 Å². The first-order valence-corrected chi connectivity index (χ1v) is 6.19. The Kier molecular flexibility index (Phi) is 3.06. The van der Waals surface area contributed by atoms with Gasteiger partial charge in [-0.1, -0.05) is 0 Å². The predicted octanol–water partition coefficient (Wildman–Crippen LogP) is 1.85. The van der Waals surface area contributed by atoms with Crippen molar-refractivity contribution in [3.05, 3.63) is 41.5 Å². The van der Waals surface area contributed by atoms with Crippen molar-refractivity contribution in [3.63, 3.8) is 0 Å². The molecule has 0 aliphatic carbocycles. The van der Waals surface area contributed by atoms with E-state index in [9.17, 15) is 8.78 Å². The summed E-state index contributed by atoms with van der Waals surface area (Å²) in [5.41, 5.74) is -0.231. The van der Waals surface area contributed by atoms with E-state index in [1.807, 2.05) is 0 Å². The molecule has 0 fully saturated rings. The van der Waals surface area contributed by atoms with Crippen molar-refractivity contribution in [1.29, 1.82) is 5.26 Å². The van der Waals surface area contributed by atoms with E-state index in [2.05, 4.69) is 15.4 Å². The molecule has 0 spiro atoms. The topological polar surface area (TPSA) is 66.5 Å². The van der Waals surface area contributed by atoms with Crippen LogP contribution in [-0.2, 0) is 13.0 Å². The maximum atomic E-state index is 13.8. The zero-order valence-electron chi connectivity index (χ0n) is 10.5. The lowest BCUT2D eigenvalue weighted by Crippen LogP contribution is -2.32. The maximum Gasteiger partial charge on any atom is 0.150 e. The summed E-state index contributed by atoms with van der Waals surface area (Å²) in [7, 11) is 0. The first-order valence-electron chi connectivity index (χ1n) is 6.19. The van der Waals surface area contributed by atoms with Crippen LogP contribution in [0.2, 0.25) is 0 Å². The lowest BCUT2D eigenvalue weighted by molar-refractivity contribution is 0.437. The van der Waals surface area contributed by atoms with Gasteiger partial charge in [0.25, 0.3) is 0 Å². The summed E-state index contributed by atoms with van der Waals surface area (Å²) in [6.07, 6.45) is 2.90. The monoisotopic (exact) mass is 275 g/mol. The van der Waals surface area contributed by atoms with E-state index in [0.29, 0.717) is 13.0 Å². The Morgan fingerprint density at radius 3 is 2.80 bits per heavy atom. The minimum Gasteiger partial charge on any atom is -0.376 e. The van der Waals surface area contributed by atoms with Crippen LogP contribution in [0.4, 0.5) is 14.5 Å². The lowest BCUT2D eigenvalue weighted by atomic mass is 10.1. The predicted molar refractivity (Wildman–Crippen MR) is 66.8 cm³/mol. The van der Waals surface area contributed by atoms with Crippen molar-refractivity contribution in [3.8, 4) is 6.07 Å². The SMILES string of the molecule is N#Cc1cc(F)c(NC2CCc3ncnn3C2)c(F)c1. The molecule has 102 valence electrons. The number of halogens is 2. The second-order valence-electron chi connectivity index (χ2n) is 4.67. The minimum absolute atomic E-state index is 0.0345. The molecule has 1 aromatic carbocycles. The molecule has 0 saturated carbocycles. The van der Waals surface area contributed by atoms with Crippen LogP contribution < -0.4 is 5.32 Å². The number of nitrogens with one attached hydrogen (secondary N) is 1. The first kappa shape index (κ1) is 12.5. The minimum atomic E-state index is -0.758. The summed E-state index contributed by atoms with van der Waals surface area (Å²) in [6, 6.07) is 3.64. The van der Waals surface area contributed by atoms with E-state index < -0.39 is 11.6 Å². The number of aryl methyl sites for hydroxylation is 1. The van der Waals surface area contributed by atoms with Gasteiger partial charge in [-0.15, -0.1) is 0 Å². The summed E-state index contributed by atoms with van der Waals surface area (Å²) in [5, 5.41) is 15.6. The number of hydrogen-bond acceptors (Lipinski definition) is 4. The van der Waals surface area contributed by atoms with Crippen molar-refractivity contribution < 1.29 is 8.78 Å². The Labute approximate surface area is 113 Å². The van der Waals surface area contributed by atoms with E-state index >= 15 is 0 Å². The van der Waals surface area contributed by atoms with Gasteiger partial charge in [0.05, 0.1) is 18.2 Å². The average Bonchev–Trinajstić information content (AvgIpc) is 2.90. The highest BCUT2D eigenvalue weighted by Gasteiger charge is 2.22.